The third kappa shape index (κ3) is 25.3. The minimum Gasteiger partial charge on any atom is -0.469 e. The highest BCUT2D eigenvalue weighted by Gasteiger charge is 2.34. The van der Waals surface area contributed by atoms with Gasteiger partial charge in [-0.3, -0.25) is 24.0 Å². The summed E-state index contributed by atoms with van der Waals surface area (Å²) in [5, 5.41) is 8.41. The molecule has 0 aromatic heterocycles. The molecule has 4 rings (SSSR count). The fourth-order valence-electron chi connectivity index (χ4n) is 8.06. The van der Waals surface area contributed by atoms with Gasteiger partial charge in [0.25, 0.3) is 0 Å². The second kappa shape index (κ2) is 34.9. The highest BCUT2D eigenvalue weighted by Crippen LogP contribution is 2.26. The lowest BCUT2D eigenvalue weighted by atomic mass is 9.87. The molecule has 0 heterocycles. The lowest BCUT2D eigenvalue weighted by molar-refractivity contribution is -0.148. The number of methoxy groups -OCH3 is 3. The Bertz CT molecular complexity index is 2350. The Balaban J connectivity index is 0.000000637. The van der Waals surface area contributed by atoms with Gasteiger partial charge >= 0.3 is 24.0 Å². The van der Waals surface area contributed by atoms with E-state index in [9.17, 15) is 33.6 Å². The molecule has 0 unspecified atom stereocenters. The highest BCUT2D eigenvalue weighted by molar-refractivity contribution is 5.93. The van der Waals surface area contributed by atoms with E-state index in [1.165, 1.54) is 21.3 Å². The average molecular weight is 1070 g/mol. The maximum absolute atomic E-state index is 13.3. The first-order valence-electron chi connectivity index (χ1n) is 25.7. The molecule has 8 atom stereocenters. The summed E-state index contributed by atoms with van der Waals surface area (Å²) < 4.78 is 19.6. The van der Waals surface area contributed by atoms with Crippen LogP contribution in [0.4, 0.5) is 4.79 Å². The Morgan fingerprint density at radius 1 is 0.513 bits per heavy atom. The largest absolute Gasteiger partial charge is 0.469 e. The number of amides is 3. The van der Waals surface area contributed by atoms with E-state index in [0.717, 1.165) is 22.3 Å². The Hall–Kier alpha value is -6.58. The number of nitrogens with one attached hydrogen (secondary N) is 3. The van der Waals surface area contributed by atoms with Gasteiger partial charge in [0, 0.05) is 24.7 Å². The summed E-state index contributed by atoms with van der Waals surface area (Å²) in [7, 11) is 3.97. The van der Waals surface area contributed by atoms with Crippen LogP contribution in [-0.4, -0.2) is 92.7 Å². The summed E-state index contributed by atoms with van der Waals surface area (Å²) in [4.78, 5) is 87.6. The maximum Gasteiger partial charge on any atom is 0.408 e. The number of halogens is 1. The normalized spacial score (nSPS) is 14.0. The number of alkyl carbamates (subject to hydrolysis) is 1. The molecule has 76 heavy (non-hydrogen) atoms. The van der Waals surface area contributed by atoms with Gasteiger partial charge in [-0.15, -0.1) is 12.4 Å². The number of ether oxygens (including phenoxy) is 4. The fraction of sp³-hybridized carbons (Fsp3) is 0.483. The van der Waals surface area contributed by atoms with Crippen LogP contribution in [0.15, 0.2) is 121 Å². The molecular formula is C60H85ClN4O11. The third-order valence-corrected chi connectivity index (χ3v) is 12.3. The molecule has 0 fully saturated rings. The van der Waals surface area contributed by atoms with Gasteiger partial charge < -0.3 is 40.6 Å². The van der Waals surface area contributed by atoms with Crippen molar-refractivity contribution in [2.45, 2.75) is 143 Å². The smallest absolute Gasteiger partial charge is 0.408 e. The molecule has 0 saturated carbocycles. The molecule has 5 N–H and O–H groups in total. The first-order valence-corrected chi connectivity index (χ1v) is 25.7. The molecule has 0 bridgehead atoms. The molecule has 0 aliphatic heterocycles. The molecule has 3 amide bonds. The van der Waals surface area contributed by atoms with E-state index in [2.05, 4.69) is 20.7 Å². The van der Waals surface area contributed by atoms with Crippen LogP contribution in [0.1, 0.15) is 123 Å². The van der Waals surface area contributed by atoms with Crippen LogP contribution in [-0.2, 0) is 60.6 Å². The topological polar surface area (TPSA) is 219 Å². The van der Waals surface area contributed by atoms with E-state index in [4.69, 9.17) is 19.9 Å². The van der Waals surface area contributed by atoms with Crippen LogP contribution in [0.25, 0.3) is 0 Å². The van der Waals surface area contributed by atoms with Crippen molar-refractivity contribution in [2.24, 2.45) is 29.4 Å². The summed E-state index contributed by atoms with van der Waals surface area (Å²) in [5.74, 6) is -2.61. The highest BCUT2D eigenvalue weighted by atomic mass is 35.5. The predicted molar refractivity (Wildman–Crippen MR) is 299 cm³/mol. The number of ketones is 1. The molecule has 0 radical (unpaired) electrons. The first-order chi connectivity index (χ1) is 35.4. The van der Waals surface area contributed by atoms with Gasteiger partial charge in [0.1, 0.15) is 23.7 Å². The summed E-state index contributed by atoms with van der Waals surface area (Å²) >= 11 is 0. The average Bonchev–Trinajstić information content (AvgIpc) is 3.38. The van der Waals surface area contributed by atoms with E-state index >= 15 is 0 Å². The van der Waals surface area contributed by atoms with Gasteiger partial charge in [-0.25, -0.2) is 9.59 Å². The van der Waals surface area contributed by atoms with Gasteiger partial charge in [-0.2, -0.15) is 0 Å². The summed E-state index contributed by atoms with van der Waals surface area (Å²) in [6.45, 7) is 19.0. The number of nitrogens with two attached hydrogens (primary N) is 1. The quantitative estimate of drug-likeness (QED) is 0.0403. The zero-order chi connectivity index (χ0) is 56.3. The van der Waals surface area contributed by atoms with Crippen LogP contribution in [0.3, 0.4) is 0 Å². The number of Topliss-reactive ketones (excluding diaryl/α,β-unsaturated/α-hetero) is 1. The fourth-order valence-corrected chi connectivity index (χ4v) is 8.06. The zero-order valence-corrected chi connectivity index (χ0v) is 47.6. The first kappa shape index (κ1) is 67.4. The number of benzene rings is 4. The molecule has 0 aliphatic carbocycles. The predicted octanol–water partition coefficient (Wildman–Crippen LogP) is 9.49. The standard InChI is InChI=1S/C28H37NO4.C25H32N2O5.C7H15NO2.ClH/c1-19(2)16-24(28(32)33-5)18-26(30)25(17-22-12-8-6-9-13-22)29-27(31)21(4)20(3)23-14-10-7-11-15-23;1-17(19-14-10-7-11-15-19)21(27-24(30)32-25(2,3)4)22(28)26-20(23(29)31-5)16-18-12-8-6-9-13-18;1-5(2)4-6(8)7(9)10-3;/h6-15,19-21,24-25H,16-18H2,1-5H3,(H,29,31);6-15,17,20-21H,16H2,1-5H3,(H,26,28)(H,27,30);5-6H,4,8H2,1-3H3;1H/t20-,21+,24-,25+;17-,20-,21-;6-;/m011./s1. The monoisotopic (exact) mass is 1070 g/mol. The van der Waals surface area contributed by atoms with Crippen molar-refractivity contribution in [2.75, 3.05) is 21.3 Å². The second-order valence-electron chi connectivity index (χ2n) is 20.6. The zero-order valence-electron chi connectivity index (χ0n) is 46.8. The lowest BCUT2D eigenvalue weighted by Gasteiger charge is -2.28. The van der Waals surface area contributed by atoms with Crippen LogP contribution in [0, 0.1) is 23.7 Å². The van der Waals surface area contributed by atoms with Crippen molar-refractivity contribution in [1.82, 2.24) is 16.0 Å². The van der Waals surface area contributed by atoms with Crippen molar-refractivity contribution in [3.8, 4) is 0 Å². The van der Waals surface area contributed by atoms with Crippen LogP contribution in [0.2, 0.25) is 0 Å². The number of hydrogen-bond donors (Lipinski definition) is 4. The van der Waals surface area contributed by atoms with Crippen molar-refractivity contribution < 1.29 is 52.5 Å². The Kier molecular flexibility index (Phi) is 31.0. The van der Waals surface area contributed by atoms with Gasteiger partial charge in [-0.1, -0.05) is 170 Å². The van der Waals surface area contributed by atoms with Gasteiger partial charge in [0.05, 0.1) is 33.3 Å². The third-order valence-electron chi connectivity index (χ3n) is 12.3. The van der Waals surface area contributed by atoms with E-state index in [1.54, 1.807) is 20.8 Å². The molecule has 4 aromatic carbocycles. The number of rotatable bonds is 23. The van der Waals surface area contributed by atoms with Crippen molar-refractivity contribution in [3.63, 3.8) is 0 Å². The van der Waals surface area contributed by atoms with E-state index in [-0.39, 0.29) is 72.5 Å². The number of esters is 3. The molecule has 418 valence electrons. The van der Waals surface area contributed by atoms with Crippen LogP contribution in [0.5, 0.6) is 0 Å². The van der Waals surface area contributed by atoms with Gasteiger partial charge in [0.2, 0.25) is 11.8 Å². The minimum atomic E-state index is -0.963. The molecule has 0 aliphatic rings. The lowest BCUT2D eigenvalue weighted by Crippen LogP contribution is -2.54. The van der Waals surface area contributed by atoms with E-state index < -0.39 is 53.7 Å². The van der Waals surface area contributed by atoms with Crippen LogP contribution >= 0.6 is 12.4 Å². The molecule has 16 heteroatoms. The number of carbonyl (C=O) groups excluding carboxylic acids is 7. The number of hydrogen-bond acceptors (Lipinski definition) is 12. The van der Waals surface area contributed by atoms with E-state index in [1.807, 2.05) is 170 Å². The molecule has 4 aromatic rings. The van der Waals surface area contributed by atoms with Crippen molar-refractivity contribution >= 4 is 54.0 Å². The molecule has 0 saturated heterocycles. The molecule has 0 spiro atoms. The summed E-state index contributed by atoms with van der Waals surface area (Å²) in [5.41, 5.74) is 8.50. The van der Waals surface area contributed by atoms with Crippen LogP contribution < -0.4 is 21.7 Å². The second-order valence-corrected chi connectivity index (χ2v) is 20.6. The Morgan fingerprint density at radius 3 is 1.34 bits per heavy atom. The van der Waals surface area contributed by atoms with E-state index in [0.29, 0.717) is 25.2 Å². The number of carbonyl (C=O) groups is 7. The molecular weight excluding hydrogens is 988 g/mol. The van der Waals surface area contributed by atoms with Gasteiger partial charge in [-0.05, 0) is 80.0 Å². The Morgan fingerprint density at radius 2 is 0.921 bits per heavy atom. The van der Waals surface area contributed by atoms with Crippen molar-refractivity contribution in [1.29, 1.82) is 0 Å². The SMILES string of the molecule is COC(=O)[C@@H](Cc1ccccc1)NC(=O)[C@H](NC(=O)OC(C)(C)C)[C@H](C)c1ccccc1.COC(=O)[C@H](CC(=O)[C@@H](Cc1ccccc1)NC(=O)[C@H](C)[C@H](C)c1ccccc1)CC(C)C.COC(=O)[C@H](N)CC(C)C.Cl. The maximum atomic E-state index is 13.3. The van der Waals surface area contributed by atoms with Crippen molar-refractivity contribution in [3.05, 3.63) is 144 Å². The van der Waals surface area contributed by atoms with Gasteiger partial charge in [0.15, 0.2) is 5.78 Å². The minimum absolute atomic E-state index is 0. The summed E-state index contributed by atoms with van der Waals surface area (Å²) in [6, 6.07) is 35.1. The molecule has 15 nitrogen and oxygen atoms in total. The summed E-state index contributed by atoms with van der Waals surface area (Å²) in [6.07, 6.45) is 1.23. The Labute approximate surface area is 457 Å².